The van der Waals surface area contributed by atoms with Crippen LogP contribution in [0.2, 0.25) is 0 Å². The van der Waals surface area contributed by atoms with Crippen LogP contribution >= 0.6 is 0 Å². The molecule has 30 heavy (non-hydrogen) atoms. The Morgan fingerprint density at radius 1 is 1.10 bits per heavy atom. The van der Waals surface area contributed by atoms with Gasteiger partial charge in [0.2, 0.25) is 0 Å². The summed E-state index contributed by atoms with van der Waals surface area (Å²) in [5.41, 5.74) is 2.48. The van der Waals surface area contributed by atoms with Gasteiger partial charge in [-0.2, -0.15) is 5.10 Å². The second kappa shape index (κ2) is 9.61. The van der Waals surface area contributed by atoms with Gasteiger partial charge in [-0.25, -0.2) is 9.97 Å². The van der Waals surface area contributed by atoms with Gasteiger partial charge in [-0.05, 0) is 30.3 Å². The van der Waals surface area contributed by atoms with Crippen LogP contribution in [-0.4, -0.2) is 59.0 Å². The Balaban J connectivity index is 1.31. The molecule has 3 aromatic rings. The Morgan fingerprint density at radius 2 is 1.83 bits per heavy atom. The summed E-state index contributed by atoms with van der Waals surface area (Å²) in [6.45, 7) is 2.91. The van der Waals surface area contributed by atoms with Gasteiger partial charge in [-0.3, -0.25) is 4.79 Å². The highest BCUT2D eigenvalue weighted by molar-refractivity contribution is 5.92. The minimum atomic E-state index is -0.299. The summed E-state index contributed by atoms with van der Waals surface area (Å²) < 4.78 is 10.6. The number of nitrogens with zero attached hydrogens (tertiary/aromatic N) is 5. The van der Waals surface area contributed by atoms with E-state index in [-0.39, 0.29) is 18.5 Å². The molecule has 0 bridgehead atoms. The number of rotatable bonds is 7. The molecular weight excluding hydrogens is 386 g/mol. The summed E-state index contributed by atoms with van der Waals surface area (Å²) in [4.78, 5) is 22.0. The van der Waals surface area contributed by atoms with Crippen molar-refractivity contribution in [3.05, 3.63) is 55.0 Å². The number of aromatic nitrogens is 4. The quantitative estimate of drug-likeness (QED) is 0.606. The lowest BCUT2D eigenvalue weighted by molar-refractivity contribution is -0.118. The Kier molecular flexibility index (Phi) is 6.25. The second-order valence-corrected chi connectivity index (χ2v) is 6.47. The molecule has 10 heteroatoms. The molecule has 10 nitrogen and oxygen atoms in total. The lowest BCUT2D eigenvalue weighted by atomic mass is 10.2. The molecule has 2 aromatic heterocycles. The molecule has 1 aliphatic heterocycles. The molecular formula is C20H21N7O3. The Morgan fingerprint density at radius 3 is 2.60 bits per heavy atom. The first-order valence-corrected chi connectivity index (χ1v) is 9.48. The third-order valence-electron chi connectivity index (χ3n) is 4.33. The van der Waals surface area contributed by atoms with Crippen LogP contribution in [0.4, 0.5) is 22.9 Å². The van der Waals surface area contributed by atoms with Crippen molar-refractivity contribution in [2.24, 2.45) is 0 Å². The number of amides is 1. The van der Waals surface area contributed by atoms with Crippen LogP contribution in [0.1, 0.15) is 0 Å². The van der Waals surface area contributed by atoms with Gasteiger partial charge in [0, 0.05) is 42.9 Å². The molecule has 1 saturated heterocycles. The molecule has 0 radical (unpaired) electrons. The van der Waals surface area contributed by atoms with Gasteiger partial charge in [0.1, 0.15) is 0 Å². The first-order valence-electron chi connectivity index (χ1n) is 9.48. The van der Waals surface area contributed by atoms with Gasteiger partial charge < -0.3 is 25.0 Å². The number of carbonyl (C=O) groups is 1. The minimum Gasteiger partial charge on any atom is -0.453 e. The summed E-state index contributed by atoms with van der Waals surface area (Å²) in [6.07, 6.45) is 4.84. The first kappa shape index (κ1) is 19.5. The highest BCUT2D eigenvalue weighted by Crippen LogP contribution is 2.21. The zero-order valence-corrected chi connectivity index (χ0v) is 16.2. The summed E-state index contributed by atoms with van der Waals surface area (Å²) >= 11 is 0. The fourth-order valence-corrected chi connectivity index (χ4v) is 2.88. The monoisotopic (exact) mass is 407 g/mol. The molecule has 0 spiro atoms. The molecule has 0 atom stereocenters. The number of carbonyl (C=O) groups excluding carboxylic acids is 1. The number of ether oxygens (including phenoxy) is 2. The van der Waals surface area contributed by atoms with E-state index in [4.69, 9.17) is 9.47 Å². The van der Waals surface area contributed by atoms with E-state index >= 15 is 0 Å². The van der Waals surface area contributed by atoms with Crippen LogP contribution in [0.3, 0.4) is 0 Å². The highest BCUT2D eigenvalue weighted by atomic mass is 16.5. The maximum atomic E-state index is 12.0. The molecule has 2 N–H and O–H groups in total. The van der Waals surface area contributed by atoms with Gasteiger partial charge in [0.15, 0.2) is 12.4 Å². The average molecular weight is 407 g/mol. The Hall–Kier alpha value is -3.79. The van der Waals surface area contributed by atoms with Gasteiger partial charge >= 0.3 is 6.01 Å². The van der Waals surface area contributed by atoms with E-state index in [1.165, 1.54) is 0 Å². The second-order valence-electron chi connectivity index (χ2n) is 6.47. The maximum absolute atomic E-state index is 12.0. The smallest absolute Gasteiger partial charge is 0.316 e. The summed E-state index contributed by atoms with van der Waals surface area (Å²) in [7, 11) is 0. The zero-order valence-electron chi connectivity index (χ0n) is 16.2. The standard InChI is InChI=1S/C20H21N7O3/c28-19(14-30-20-21-6-1-7-22-20)25-16-4-2-15(3-5-16)24-18-12-17(13-23-26-18)27-8-10-29-11-9-27/h1-7,12-13H,8-11,14H2,(H,24,26)(H,25,28). The molecule has 3 heterocycles. The summed E-state index contributed by atoms with van der Waals surface area (Å²) in [5.74, 6) is 0.347. The number of anilines is 4. The molecule has 154 valence electrons. The molecule has 1 fully saturated rings. The van der Waals surface area contributed by atoms with Crippen molar-refractivity contribution in [1.82, 2.24) is 20.2 Å². The predicted molar refractivity (Wildman–Crippen MR) is 111 cm³/mol. The molecule has 1 aliphatic rings. The van der Waals surface area contributed by atoms with Crippen molar-refractivity contribution >= 4 is 28.8 Å². The lowest BCUT2D eigenvalue weighted by Crippen LogP contribution is -2.36. The van der Waals surface area contributed by atoms with Crippen molar-refractivity contribution in [2.75, 3.05) is 48.4 Å². The van der Waals surface area contributed by atoms with E-state index in [1.807, 2.05) is 18.2 Å². The predicted octanol–water partition coefficient (Wildman–Crippen LogP) is 1.86. The number of benzene rings is 1. The van der Waals surface area contributed by atoms with Gasteiger partial charge in [0.25, 0.3) is 5.91 Å². The van der Waals surface area contributed by atoms with E-state index < -0.39 is 0 Å². The van der Waals surface area contributed by atoms with E-state index in [9.17, 15) is 4.79 Å². The number of morpholine rings is 1. The number of hydrogen-bond donors (Lipinski definition) is 2. The SMILES string of the molecule is O=C(COc1ncccn1)Nc1ccc(Nc2cc(N3CCOCC3)cnn2)cc1. The fraction of sp³-hybridized carbons (Fsp3) is 0.250. The van der Waals surface area contributed by atoms with Crippen molar-refractivity contribution in [3.8, 4) is 6.01 Å². The maximum Gasteiger partial charge on any atom is 0.316 e. The normalized spacial score (nSPS) is 13.5. The number of hydrogen-bond acceptors (Lipinski definition) is 9. The molecule has 0 saturated carbocycles. The average Bonchev–Trinajstić information content (AvgIpc) is 2.80. The van der Waals surface area contributed by atoms with Crippen LogP contribution in [-0.2, 0) is 9.53 Å². The topological polar surface area (TPSA) is 114 Å². The van der Waals surface area contributed by atoms with Crippen LogP contribution in [0, 0.1) is 0 Å². The van der Waals surface area contributed by atoms with Gasteiger partial charge in [-0.15, -0.1) is 5.10 Å². The first-order chi connectivity index (χ1) is 14.8. The number of nitrogens with one attached hydrogen (secondary N) is 2. The van der Waals surface area contributed by atoms with Crippen molar-refractivity contribution < 1.29 is 14.3 Å². The Bertz CT molecular complexity index is 964. The Labute approximate surface area is 173 Å². The van der Waals surface area contributed by atoms with Crippen molar-refractivity contribution in [3.63, 3.8) is 0 Å². The van der Waals surface area contributed by atoms with Crippen LogP contribution in [0.25, 0.3) is 0 Å². The van der Waals surface area contributed by atoms with E-state index in [0.717, 1.165) is 24.5 Å². The summed E-state index contributed by atoms with van der Waals surface area (Å²) in [5, 5.41) is 14.2. The van der Waals surface area contributed by atoms with Crippen LogP contribution in [0.5, 0.6) is 6.01 Å². The molecule has 4 rings (SSSR count). The lowest BCUT2D eigenvalue weighted by Gasteiger charge is -2.28. The zero-order chi connectivity index (χ0) is 20.6. The molecule has 0 aliphatic carbocycles. The van der Waals surface area contributed by atoms with E-state index in [0.29, 0.717) is 24.7 Å². The van der Waals surface area contributed by atoms with E-state index in [2.05, 4.69) is 35.7 Å². The van der Waals surface area contributed by atoms with Crippen molar-refractivity contribution in [1.29, 1.82) is 0 Å². The van der Waals surface area contributed by atoms with Crippen molar-refractivity contribution in [2.45, 2.75) is 0 Å². The van der Waals surface area contributed by atoms with Crippen LogP contribution < -0.4 is 20.3 Å². The van der Waals surface area contributed by atoms with Crippen LogP contribution in [0.15, 0.2) is 55.0 Å². The van der Waals surface area contributed by atoms with E-state index in [1.54, 1.807) is 36.8 Å². The largest absolute Gasteiger partial charge is 0.453 e. The minimum absolute atomic E-state index is 0.160. The molecule has 1 aromatic carbocycles. The van der Waals surface area contributed by atoms with Gasteiger partial charge in [-0.1, -0.05) is 0 Å². The highest BCUT2D eigenvalue weighted by Gasteiger charge is 2.12. The fourth-order valence-electron chi connectivity index (χ4n) is 2.88. The third kappa shape index (κ3) is 5.39. The molecule has 1 amide bonds. The summed E-state index contributed by atoms with van der Waals surface area (Å²) in [6, 6.07) is 11.1. The molecule has 0 unspecified atom stereocenters. The third-order valence-corrected chi connectivity index (χ3v) is 4.33. The van der Waals surface area contributed by atoms with Gasteiger partial charge in [0.05, 0.1) is 25.1 Å².